The highest BCUT2D eigenvalue weighted by atomic mass is 28.3. The van der Waals surface area contributed by atoms with E-state index in [4.69, 9.17) is 14.2 Å². The third-order valence-electron chi connectivity index (χ3n) is 6.59. The van der Waals surface area contributed by atoms with Crippen molar-refractivity contribution in [3.05, 3.63) is 47.8 Å². The Labute approximate surface area is 220 Å². The number of amides is 2. The number of hydrogen-bond donors (Lipinski definition) is 2. The van der Waals surface area contributed by atoms with Crippen LogP contribution >= 0.6 is 0 Å². The standard InChI is InChI=1S/C26H31F3N4O4Si/c1-38(2)8-7-35-15-33-11-18(16-3-4-16)22-21(5-6-30-24(22)33)37-23-19(27)9-17(10-20(23)28)32-25(34)31-12-26(29)13-36-14-26/h5-6,9-11,16,38H,3-4,7-8,12-15H2,1-2H3,(H2,31,32,34). The van der Waals surface area contributed by atoms with Crippen molar-refractivity contribution >= 4 is 31.5 Å². The predicted octanol–water partition coefficient (Wildman–Crippen LogP) is 5.31. The summed E-state index contributed by atoms with van der Waals surface area (Å²) in [5.41, 5.74) is -0.108. The van der Waals surface area contributed by atoms with Crippen LogP contribution in [0.15, 0.2) is 30.6 Å². The molecule has 1 aromatic carbocycles. The Balaban J connectivity index is 1.33. The minimum Gasteiger partial charge on any atom is -0.450 e. The Morgan fingerprint density at radius 1 is 1.26 bits per heavy atom. The van der Waals surface area contributed by atoms with E-state index in [0.717, 1.165) is 36.6 Å². The molecular formula is C26H31F3N4O4Si. The van der Waals surface area contributed by atoms with Crippen LogP contribution in [0, 0.1) is 11.6 Å². The van der Waals surface area contributed by atoms with E-state index >= 15 is 0 Å². The number of halogens is 3. The topological polar surface area (TPSA) is 86.6 Å². The van der Waals surface area contributed by atoms with Gasteiger partial charge in [0.1, 0.15) is 18.1 Å². The van der Waals surface area contributed by atoms with Crippen molar-refractivity contribution in [3.8, 4) is 11.5 Å². The van der Waals surface area contributed by atoms with Gasteiger partial charge in [0.2, 0.25) is 0 Å². The van der Waals surface area contributed by atoms with Crippen molar-refractivity contribution in [2.75, 3.05) is 31.7 Å². The van der Waals surface area contributed by atoms with E-state index in [1.165, 1.54) is 6.20 Å². The van der Waals surface area contributed by atoms with E-state index in [0.29, 0.717) is 30.3 Å². The first-order valence-corrected chi connectivity index (χ1v) is 15.9. The van der Waals surface area contributed by atoms with Gasteiger partial charge in [0.15, 0.2) is 23.1 Å². The van der Waals surface area contributed by atoms with Crippen LogP contribution in [0.4, 0.5) is 23.7 Å². The molecule has 3 heterocycles. The zero-order chi connectivity index (χ0) is 26.9. The van der Waals surface area contributed by atoms with Crippen LogP contribution in [0.25, 0.3) is 11.0 Å². The second kappa shape index (κ2) is 10.9. The average molecular weight is 549 g/mol. The summed E-state index contributed by atoms with van der Waals surface area (Å²) >= 11 is 0. The number of nitrogens with one attached hydrogen (secondary N) is 2. The zero-order valence-electron chi connectivity index (χ0n) is 21.4. The number of fused-ring (bicyclic) bond motifs is 1. The van der Waals surface area contributed by atoms with E-state index in [1.54, 1.807) is 6.07 Å². The van der Waals surface area contributed by atoms with Gasteiger partial charge in [0.05, 0.1) is 25.1 Å². The summed E-state index contributed by atoms with van der Waals surface area (Å²) in [6, 6.07) is 3.78. The van der Waals surface area contributed by atoms with Crippen LogP contribution < -0.4 is 15.4 Å². The molecule has 12 heteroatoms. The first kappa shape index (κ1) is 26.5. The lowest BCUT2D eigenvalue weighted by atomic mass is 10.1. The summed E-state index contributed by atoms with van der Waals surface area (Å²) in [5.74, 6) is -1.95. The summed E-state index contributed by atoms with van der Waals surface area (Å²) in [7, 11) is -0.714. The maximum atomic E-state index is 15.0. The number of ether oxygens (including phenoxy) is 3. The van der Waals surface area contributed by atoms with Crippen LogP contribution in [0.5, 0.6) is 11.5 Å². The number of pyridine rings is 1. The van der Waals surface area contributed by atoms with Gasteiger partial charge in [-0.05, 0) is 36.4 Å². The number of nitrogens with zero attached hydrogens (tertiary/aromatic N) is 2. The largest absolute Gasteiger partial charge is 0.450 e. The second-order valence-electron chi connectivity index (χ2n) is 10.4. The number of benzene rings is 1. The number of anilines is 1. The lowest BCUT2D eigenvalue weighted by Gasteiger charge is -2.33. The fourth-order valence-corrected chi connectivity index (χ4v) is 4.90. The molecular weight excluding hydrogens is 517 g/mol. The van der Waals surface area contributed by atoms with Gasteiger partial charge in [-0.1, -0.05) is 13.1 Å². The Kier molecular flexibility index (Phi) is 7.64. The minimum absolute atomic E-state index is 0.108. The maximum absolute atomic E-state index is 15.0. The van der Waals surface area contributed by atoms with Gasteiger partial charge >= 0.3 is 6.03 Å². The summed E-state index contributed by atoms with van der Waals surface area (Å²) < 4.78 is 62.3. The molecule has 5 rings (SSSR count). The second-order valence-corrected chi connectivity index (χ2v) is 13.7. The normalized spacial score (nSPS) is 16.5. The molecule has 0 atom stereocenters. The van der Waals surface area contributed by atoms with Gasteiger partial charge in [0, 0.05) is 45.6 Å². The first-order chi connectivity index (χ1) is 18.2. The number of alkyl halides is 1. The smallest absolute Gasteiger partial charge is 0.319 e. The minimum atomic E-state index is -1.62. The number of hydrogen-bond acceptors (Lipinski definition) is 5. The highest BCUT2D eigenvalue weighted by Gasteiger charge is 2.39. The van der Waals surface area contributed by atoms with Crippen molar-refractivity contribution in [2.45, 2.75) is 50.3 Å². The molecule has 1 saturated carbocycles. The Bertz CT molecular complexity index is 1300. The van der Waals surface area contributed by atoms with Crippen LogP contribution in [0.3, 0.4) is 0 Å². The molecule has 3 aromatic rings. The Hall–Kier alpha value is -3.09. The van der Waals surface area contributed by atoms with Gasteiger partial charge in [-0.3, -0.25) is 0 Å². The molecule has 2 N–H and O–H groups in total. The van der Waals surface area contributed by atoms with Crippen molar-refractivity contribution in [3.63, 3.8) is 0 Å². The van der Waals surface area contributed by atoms with Crippen molar-refractivity contribution in [1.82, 2.24) is 14.9 Å². The van der Waals surface area contributed by atoms with E-state index in [2.05, 4.69) is 28.7 Å². The molecule has 0 unspecified atom stereocenters. The third-order valence-corrected chi connectivity index (χ3v) is 7.98. The quantitative estimate of drug-likeness (QED) is 0.251. The van der Waals surface area contributed by atoms with E-state index in [-0.39, 0.29) is 31.2 Å². The molecule has 2 aliphatic rings. The van der Waals surface area contributed by atoms with E-state index in [1.807, 2.05) is 10.8 Å². The van der Waals surface area contributed by atoms with E-state index in [9.17, 15) is 18.0 Å². The summed E-state index contributed by atoms with van der Waals surface area (Å²) in [6.07, 6.45) is 5.57. The first-order valence-electron chi connectivity index (χ1n) is 12.8. The van der Waals surface area contributed by atoms with Gasteiger partial charge in [-0.2, -0.15) is 0 Å². The van der Waals surface area contributed by atoms with Crippen molar-refractivity contribution < 1.29 is 32.2 Å². The SMILES string of the molecule is C[SiH](C)CCOCn1cc(C2CC2)c2c(Oc3c(F)cc(NC(=O)NCC4(F)COC4)cc3F)ccnc21. The molecule has 204 valence electrons. The molecule has 0 bridgehead atoms. The number of carbonyl (C=O) groups excluding carboxylic acids is 1. The number of urea groups is 1. The third kappa shape index (κ3) is 5.97. The van der Waals surface area contributed by atoms with Crippen LogP contribution in [0.2, 0.25) is 19.1 Å². The van der Waals surface area contributed by atoms with Crippen LogP contribution in [-0.4, -0.2) is 56.4 Å². The van der Waals surface area contributed by atoms with Crippen LogP contribution in [-0.2, 0) is 16.2 Å². The number of aromatic nitrogens is 2. The molecule has 0 spiro atoms. The number of carbonyl (C=O) groups is 1. The molecule has 1 saturated heterocycles. The van der Waals surface area contributed by atoms with Gasteiger partial charge in [-0.15, -0.1) is 0 Å². The number of rotatable bonds is 11. The van der Waals surface area contributed by atoms with Crippen molar-refractivity contribution in [1.29, 1.82) is 0 Å². The molecule has 0 radical (unpaired) electrons. The Morgan fingerprint density at radius 2 is 2.00 bits per heavy atom. The predicted molar refractivity (Wildman–Crippen MR) is 139 cm³/mol. The fraction of sp³-hybridized carbons (Fsp3) is 0.462. The summed E-state index contributed by atoms with van der Waals surface area (Å²) in [6.45, 7) is 5.07. The van der Waals surface area contributed by atoms with Gasteiger partial charge < -0.3 is 29.4 Å². The molecule has 2 amide bonds. The molecule has 2 aromatic heterocycles. The summed E-state index contributed by atoms with van der Waals surface area (Å²) in [5, 5.41) is 5.36. The molecule has 38 heavy (non-hydrogen) atoms. The zero-order valence-corrected chi connectivity index (χ0v) is 22.5. The van der Waals surface area contributed by atoms with Gasteiger partial charge in [-0.25, -0.2) is 22.9 Å². The molecule has 1 aliphatic heterocycles. The van der Waals surface area contributed by atoms with Gasteiger partial charge in [0.25, 0.3) is 0 Å². The fourth-order valence-electron chi connectivity index (χ4n) is 4.26. The van der Waals surface area contributed by atoms with Crippen molar-refractivity contribution in [2.24, 2.45) is 0 Å². The molecule has 8 nitrogen and oxygen atoms in total. The highest BCUT2D eigenvalue weighted by Crippen LogP contribution is 2.47. The van der Waals surface area contributed by atoms with Crippen LogP contribution in [0.1, 0.15) is 24.3 Å². The molecule has 2 fully saturated rings. The maximum Gasteiger partial charge on any atom is 0.319 e. The lowest BCUT2D eigenvalue weighted by molar-refractivity contribution is -0.125. The monoisotopic (exact) mass is 548 g/mol. The van der Waals surface area contributed by atoms with E-state index < -0.39 is 37.9 Å². The summed E-state index contributed by atoms with van der Waals surface area (Å²) in [4.78, 5) is 16.6. The lowest BCUT2D eigenvalue weighted by Crippen LogP contribution is -2.54. The average Bonchev–Trinajstić information content (AvgIpc) is 3.63. The highest BCUT2D eigenvalue weighted by molar-refractivity contribution is 6.55. The Morgan fingerprint density at radius 3 is 2.63 bits per heavy atom. The molecule has 1 aliphatic carbocycles.